The molecule has 2 aromatic rings. The lowest BCUT2D eigenvalue weighted by Gasteiger charge is -2.09. The molecule has 5 heteroatoms. The summed E-state index contributed by atoms with van der Waals surface area (Å²) in [5.41, 5.74) is 0.990. The number of hydrogen-bond acceptors (Lipinski definition) is 5. The molecular weight excluding hydrogens is 284 g/mol. The summed E-state index contributed by atoms with van der Waals surface area (Å²) in [6.07, 6.45) is 0.766. The molecule has 22 heavy (non-hydrogen) atoms. The number of esters is 1. The first-order valence-corrected chi connectivity index (χ1v) is 6.72. The quantitative estimate of drug-likeness (QED) is 0.447. The lowest BCUT2D eigenvalue weighted by atomic mass is 10.2. The number of carbonyl (C=O) groups excluding carboxylic acids is 2. The zero-order valence-corrected chi connectivity index (χ0v) is 12.2. The smallest absolute Gasteiger partial charge is 0.337 e. The number of methoxy groups -OCH3 is 1. The van der Waals surface area contributed by atoms with Crippen molar-refractivity contribution in [1.29, 1.82) is 0 Å². The van der Waals surface area contributed by atoms with Gasteiger partial charge in [0.05, 0.1) is 12.7 Å². The average molecular weight is 300 g/mol. The van der Waals surface area contributed by atoms with Crippen molar-refractivity contribution in [1.82, 2.24) is 0 Å². The van der Waals surface area contributed by atoms with E-state index >= 15 is 0 Å². The van der Waals surface area contributed by atoms with Crippen LogP contribution in [0.15, 0.2) is 48.5 Å². The van der Waals surface area contributed by atoms with E-state index in [2.05, 4.69) is 4.74 Å². The normalized spacial score (nSPS) is 9.86. The van der Waals surface area contributed by atoms with E-state index in [1.165, 1.54) is 7.11 Å². The fourth-order valence-electron chi connectivity index (χ4n) is 1.83. The van der Waals surface area contributed by atoms with Crippen LogP contribution in [0.2, 0.25) is 0 Å². The molecule has 114 valence electrons. The van der Waals surface area contributed by atoms with Crippen LogP contribution in [0.4, 0.5) is 0 Å². The first-order valence-electron chi connectivity index (χ1n) is 6.72. The molecule has 2 rings (SSSR count). The van der Waals surface area contributed by atoms with Crippen LogP contribution in [0, 0.1) is 0 Å². The highest BCUT2D eigenvalue weighted by molar-refractivity contribution is 5.89. The van der Waals surface area contributed by atoms with Gasteiger partial charge in [0.25, 0.3) is 0 Å². The van der Waals surface area contributed by atoms with Crippen molar-refractivity contribution < 1.29 is 23.8 Å². The predicted molar refractivity (Wildman–Crippen MR) is 80.6 cm³/mol. The maximum absolute atomic E-state index is 11.4. The Bertz CT molecular complexity index is 651. The average Bonchev–Trinajstić information content (AvgIpc) is 2.58. The van der Waals surface area contributed by atoms with Crippen LogP contribution in [-0.2, 0) is 4.74 Å². The number of carbonyl (C=O) groups is 2. The van der Waals surface area contributed by atoms with Gasteiger partial charge in [0.2, 0.25) is 0 Å². The van der Waals surface area contributed by atoms with Crippen molar-refractivity contribution in [2.75, 3.05) is 20.3 Å². The summed E-state index contributed by atoms with van der Waals surface area (Å²) >= 11 is 0. The molecule has 5 nitrogen and oxygen atoms in total. The largest absolute Gasteiger partial charge is 0.490 e. The number of benzene rings is 2. The van der Waals surface area contributed by atoms with Gasteiger partial charge in [-0.3, -0.25) is 4.79 Å². The molecule has 0 saturated heterocycles. The molecule has 0 spiro atoms. The van der Waals surface area contributed by atoms with Crippen molar-refractivity contribution in [3.63, 3.8) is 0 Å². The summed E-state index contributed by atoms with van der Waals surface area (Å²) in [5.74, 6) is 0.761. The van der Waals surface area contributed by atoms with E-state index < -0.39 is 5.97 Å². The zero-order chi connectivity index (χ0) is 15.8. The Kier molecular flexibility index (Phi) is 5.54. The number of rotatable bonds is 7. The van der Waals surface area contributed by atoms with Crippen molar-refractivity contribution in [3.05, 3.63) is 59.7 Å². The molecule has 0 fully saturated rings. The third-order valence-corrected chi connectivity index (χ3v) is 2.87. The molecule has 0 atom stereocenters. The fourth-order valence-corrected chi connectivity index (χ4v) is 1.83. The number of ether oxygens (including phenoxy) is 3. The highest BCUT2D eigenvalue weighted by Crippen LogP contribution is 2.15. The Morgan fingerprint density at radius 3 is 2.27 bits per heavy atom. The summed E-state index contributed by atoms with van der Waals surface area (Å²) in [6.45, 7) is 0.640. The van der Waals surface area contributed by atoms with Crippen molar-refractivity contribution in [2.45, 2.75) is 0 Å². The third kappa shape index (κ3) is 4.34. The van der Waals surface area contributed by atoms with Crippen LogP contribution >= 0.6 is 0 Å². The first kappa shape index (κ1) is 15.6. The Hall–Kier alpha value is -2.82. The molecule has 0 bridgehead atoms. The van der Waals surface area contributed by atoms with E-state index in [4.69, 9.17) is 9.47 Å². The van der Waals surface area contributed by atoms with Crippen LogP contribution in [0.1, 0.15) is 20.7 Å². The summed E-state index contributed by atoms with van der Waals surface area (Å²) < 4.78 is 15.7. The van der Waals surface area contributed by atoms with Gasteiger partial charge in [0, 0.05) is 5.56 Å². The Morgan fingerprint density at radius 2 is 1.64 bits per heavy atom. The van der Waals surface area contributed by atoms with Crippen LogP contribution < -0.4 is 9.47 Å². The number of aldehydes is 1. The van der Waals surface area contributed by atoms with Crippen LogP contribution in [0.5, 0.6) is 11.5 Å². The van der Waals surface area contributed by atoms with Gasteiger partial charge in [0.15, 0.2) is 0 Å². The Morgan fingerprint density at radius 1 is 1.00 bits per heavy atom. The second-order valence-electron chi connectivity index (χ2n) is 4.41. The summed E-state index contributed by atoms with van der Waals surface area (Å²) in [6, 6.07) is 13.6. The Balaban J connectivity index is 1.83. The lowest BCUT2D eigenvalue weighted by molar-refractivity contribution is 0.0600. The van der Waals surface area contributed by atoms with Crippen molar-refractivity contribution >= 4 is 12.3 Å². The molecule has 0 saturated carbocycles. The van der Waals surface area contributed by atoms with Gasteiger partial charge in [0.1, 0.15) is 31.0 Å². The molecule has 0 N–H and O–H groups in total. The molecule has 0 aliphatic carbocycles. The third-order valence-electron chi connectivity index (χ3n) is 2.87. The number of hydrogen-bond donors (Lipinski definition) is 0. The zero-order valence-electron chi connectivity index (χ0n) is 12.2. The topological polar surface area (TPSA) is 61.8 Å². The molecule has 0 aliphatic heterocycles. The maximum Gasteiger partial charge on any atom is 0.337 e. The highest BCUT2D eigenvalue weighted by atomic mass is 16.5. The SMILES string of the molecule is COC(=O)c1cccc(OCCOc2cccc(C=O)c2)c1. The molecule has 0 radical (unpaired) electrons. The minimum absolute atomic E-state index is 0.315. The summed E-state index contributed by atoms with van der Waals surface area (Å²) in [5, 5.41) is 0. The molecular formula is C17H16O5. The first-order chi connectivity index (χ1) is 10.7. The van der Waals surface area contributed by atoms with Gasteiger partial charge in [-0.1, -0.05) is 18.2 Å². The molecule has 0 aliphatic rings. The minimum Gasteiger partial charge on any atom is -0.490 e. The van der Waals surface area contributed by atoms with E-state index in [1.54, 1.807) is 48.5 Å². The van der Waals surface area contributed by atoms with Crippen LogP contribution in [0.25, 0.3) is 0 Å². The predicted octanol–water partition coefficient (Wildman–Crippen LogP) is 2.74. The van der Waals surface area contributed by atoms with Crippen molar-refractivity contribution in [2.24, 2.45) is 0 Å². The molecule has 0 unspecified atom stereocenters. The van der Waals surface area contributed by atoms with E-state index in [9.17, 15) is 9.59 Å². The van der Waals surface area contributed by atoms with E-state index in [0.29, 0.717) is 35.8 Å². The summed E-state index contributed by atoms with van der Waals surface area (Å²) in [7, 11) is 1.33. The standard InChI is InChI=1S/C17H16O5/c1-20-17(19)14-5-3-7-16(11-14)22-9-8-21-15-6-2-4-13(10-15)12-18/h2-7,10-12H,8-9H2,1H3. The fraction of sp³-hybridized carbons (Fsp3) is 0.176. The monoisotopic (exact) mass is 300 g/mol. The highest BCUT2D eigenvalue weighted by Gasteiger charge is 2.06. The summed E-state index contributed by atoms with van der Waals surface area (Å²) in [4.78, 5) is 22.1. The van der Waals surface area contributed by atoms with Crippen LogP contribution in [-0.4, -0.2) is 32.6 Å². The van der Waals surface area contributed by atoms with Crippen molar-refractivity contribution in [3.8, 4) is 11.5 Å². The second-order valence-corrected chi connectivity index (χ2v) is 4.41. The van der Waals surface area contributed by atoms with E-state index in [0.717, 1.165) is 6.29 Å². The van der Waals surface area contributed by atoms with E-state index in [1.807, 2.05) is 0 Å². The second kappa shape index (κ2) is 7.83. The van der Waals surface area contributed by atoms with Gasteiger partial charge in [-0.05, 0) is 30.3 Å². The van der Waals surface area contributed by atoms with Gasteiger partial charge in [-0.25, -0.2) is 4.79 Å². The van der Waals surface area contributed by atoms with Gasteiger partial charge in [-0.2, -0.15) is 0 Å². The Labute approximate surface area is 128 Å². The van der Waals surface area contributed by atoms with Crippen LogP contribution in [0.3, 0.4) is 0 Å². The molecule has 0 aromatic heterocycles. The molecule has 2 aromatic carbocycles. The lowest BCUT2D eigenvalue weighted by Crippen LogP contribution is -2.09. The molecule has 0 amide bonds. The van der Waals surface area contributed by atoms with Gasteiger partial charge in [-0.15, -0.1) is 0 Å². The minimum atomic E-state index is -0.410. The maximum atomic E-state index is 11.4. The van der Waals surface area contributed by atoms with E-state index in [-0.39, 0.29) is 0 Å². The van der Waals surface area contributed by atoms with Gasteiger partial charge < -0.3 is 14.2 Å². The van der Waals surface area contributed by atoms with Gasteiger partial charge >= 0.3 is 5.97 Å². The molecule has 0 heterocycles.